The normalized spacial score (nSPS) is 12.9. The standard InChI is InChI=1S/C18H18Cl2N2O3/c1-11(14-4-2-3-5-15(14)20)25-17(23)10-16(22-18(21)24)12-6-8-13(19)9-7-12/h2-9,11,16H,10H2,1H3,(H3,21,22,24)/t11-,16+/m0/s1. The zero-order valence-electron chi connectivity index (χ0n) is 13.5. The second-order valence-corrected chi connectivity index (χ2v) is 6.31. The van der Waals surface area contributed by atoms with Crippen LogP contribution >= 0.6 is 23.2 Å². The molecule has 0 radical (unpaired) electrons. The lowest BCUT2D eigenvalue weighted by Crippen LogP contribution is -2.34. The number of rotatable bonds is 6. The maximum atomic E-state index is 12.3. The number of halogens is 2. The highest BCUT2D eigenvalue weighted by Gasteiger charge is 2.21. The molecule has 0 aliphatic carbocycles. The summed E-state index contributed by atoms with van der Waals surface area (Å²) in [5.74, 6) is -0.485. The van der Waals surface area contributed by atoms with E-state index < -0.39 is 24.1 Å². The van der Waals surface area contributed by atoms with Gasteiger partial charge in [-0.05, 0) is 30.7 Å². The van der Waals surface area contributed by atoms with E-state index in [4.69, 9.17) is 33.7 Å². The third kappa shape index (κ3) is 5.66. The first-order chi connectivity index (χ1) is 11.9. The quantitative estimate of drug-likeness (QED) is 0.728. The van der Waals surface area contributed by atoms with Gasteiger partial charge in [-0.2, -0.15) is 0 Å². The molecule has 2 aromatic carbocycles. The maximum absolute atomic E-state index is 12.3. The van der Waals surface area contributed by atoms with Crippen LogP contribution < -0.4 is 11.1 Å². The summed E-state index contributed by atoms with van der Waals surface area (Å²) in [6.07, 6.45) is -0.583. The molecule has 0 aliphatic rings. The number of nitrogens with two attached hydrogens (primary N) is 1. The Morgan fingerprint density at radius 1 is 1.12 bits per heavy atom. The summed E-state index contributed by atoms with van der Waals surface area (Å²) in [6.45, 7) is 1.73. The molecule has 3 N–H and O–H groups in total. The maximum Gasteiger partial charge on any atom is 0.312 e. The van der Waals surface area contributed by atoms with Crippen LogP contribution in [0.2, 0.25) is 10.0 Å². The van der Waals surface area contributed by atoms with Gasteiger partial charge in [0.15, 0.2) is 0 Å². The fourth-order valence-electron chi connectivity index (χ4n) is 2.40. The summed E-state index contributed by atoms with van der Waals surface area (Å²) in [7, 11) is 0. The van der Waals surface area contributed by atoms with Crippen molar-refractivity contribution in [2.45, 2.75) is 25.5 Å². The van der Waals surface area contributed by atoms with E-state index in [0.717, 1.165) is 0 Å². The Bertz CT molecular complexity index is 750. The van der Waals surface area contributed by atoms with Crippen LogP contribution in [0.1, 0.15) is 36.6 Å². The van der Waals surface area contributed by atoms with Crippen molar-refractivity contribution < 1.29 is 14.3 Å². The van der Waals surface area contributed by atoms with Crippen LogP contribution in [0.25, 0.3) is 0 Å². The fourth-order valence-corrected chi connectivity index (χ4v) is 2.81. The van der Waals surface area contributed by atoms with Gasteiger partial charge in [0.2, 0.25) is 0 Å². The highest BCUT2D eigenvalue weighted by atomic mass is 35.5. The summed E-state index contributed by atoms with van der Waals surface area (Å²) in [4.78, 5) is 23.5. The summed E-state index contributed by atoms with van der Waals surface area (Å²) in [5, 5.41) is 3.61. The number of hydrogen-bond acceptors (Lipinski definition) is 3. The van der Waals surface area contributed by atoms with E-state index in [1.165, 1.54) is 0 Å². The number of carbonyl (C=O) groups excluding carboxylic acids is 2. The van der Waals surface area contributed by atoms with Gasteiger partial charge in [-0.25, -0.2) is 4.79 Å². The van der Waals surface area contributed by atoms with Gasteiger partial charge in [-0.3, -0.25) is 4.79 Å². The molecular formula is C18H18Cl2N2O3. The first-order valence-corrected chi connectivity index (χ1v) is 8.37. The minimum Gasteiger partial charge on any atom is -0.458 e. The van der Waals surface area contributed by atoms with Crippen molar-refractivity contribution in [2.75, 3.05) is 0 Å². The Morgan fingerprint density at radius 2 is 1.76 bits per heavy atom. The second-order valence-electron chi connectivity index (χ2n) is 5.47. The topological polar surface area (TPSA) is 81.4 Å². The van der Waals surface area contributed by atoms with Gasteiger partial charge >= 0.3 is 12.0 Å². The first-order valence-electron chi connectivity index (χ1n) is 7.62. The molecule has 0 unspecified atom stereocenters. The number of urea groups is 1. The molecule has 0 aliphatic heterocycles. The summed E-state index contributed by atoms with van der Waals surface area (Å²) in [6, 6.07) is 12.6. The number of amides is 2. The third-order valence-corrected chi connectivity index (χ3v) is 4.21. The molecule has 0 spiro atoms. The van der Waals surface area contributed by atoms with Crippen LogP contribution in [0.15, 0.2) is 48.5 Å². The molecule has 132 valence electrons. The third-order valence-electron chi connectivity index (χ3n) is 3.61. The van der Waals surface area contributed by atoms with Crippen LogP contribution in [0.3, 0.4) is 0 Å². The van der Waals surface area contributed by atoms with Gasteiger partial charge < -0.3 is 15.8 Å². The predicted molar refractivity (Wildman–Crippen MR) is 97.5 cm³/mol. The highest BCUT2D eigenvalue weighted by Crippen LogP contribution is 2.27. The minimum atomic E-state index is -0.730. The molecule has 0 saturated carbocycles. The molecule has 0 aromatic heterocycles. The monoisotopic (exact) mass is 380 g/mol. The Hall–Kier alpha value is -2.24. The highest BCUT2D eigenvalue weighted by molar-refractivity contribution is 6.31. The van der Waals surface area contributed by atoms with E-state index in [1.807, 2.05) is 6.07 Å². The van der Waals surface area contributed by atoms with Crippen molar-refractivity contribution in [3.63, 3.8) is 0 Å². The first kappa shape index (κ1) is 19.1. The van der Waals surface area contributed by atoms with E-state index in [1.54, 1.807) is 49.4 Å². The zero-order valence-corrected chi connectivity index (χ0v) is 15.1. The summed E-state index contributed by atoms with van der Waals surface area (Å²) < 4.78 is 5.43. The fraction of sp³-hybridized carbons (Fsp3) is 0.222. The van der Waals surface area contributed by atoms with Crippen molar-refractivity contribution in [1.29, 1.82) is 0 Å². The van der Waals surface area contributed by atoms with Crippen molar-refractivity contribution in [2.24, 2.45) is 5.73 Å². The largest absolute Gasteiger partial charge is 0.458 e. The average Bonchev–Trinajstić information content (AvgIpc) is 2.54. The molecule has 0 bridgehead atoms. The second kappa shape index (κ2) is 8.74. The van der Waals surface area contributed by atoms with Crippen molar-refractivity contribution >= 4 is 35.2 Å². The van der Waals surface area contributed by atoms with E-state index in [-0.39, 0.29) is 6.42 Å². The summed E-state index contributed by atoms with van der Waals surface area (Å²) in [5.41, 5.74) is 6.61. The Morgan fingerprint density at radius 3 is 2.36 bits per heavy atom. The molecule has 2 aromatic rings. The molecule has 7 heteroatoms. The number of nitrogens with one attached hydrogen (secondary N) is 1. The molecule has 2 atom stereocenters. The predicted octanol–water partition coefficient (Wildman–Crippen LogP) is 4.40. The van der Waals surface area contributed by atoms with Crippen LogP contribution in [0.4, 0.5) is 4.79 Å². The van der Waals surface area contributed by atoms with Gasteiger partial charge in [0, 0.05) is 15.6 Å². The lowest BCUT2D eigenvalue weighted by molar-refractivity contribution is -0.149. The minimum absolute atomic E-state index is 0.0701. The van der Waals surface area contributed by atoms with E-state index >= 15 is 0 Å². The molecule has 0 saturated heterocycles. The van der Waals surface area contributed by atoms with Gasteiger partial charge in [0.25, 0.3) is 0 Å². The van der Waals surface area contributed by atoms with Crippen molar-refractivity contribution in [1.82, 2.24) is 5.32 Å². The van der Waals surface area contributed by atoms with Gasteiger partial charge in [0.1, 0.15) is 6.10 Å². The lowest BCUT2D eigenvalue weighted by atomic mass is 10.0. The smallest absolute Gasteiger partial charge is 0.312 e. The van der Waals surface area contributed by atoms with Gasteiger partial charge in [-0.15, -0.1) is 0 Å². The van der Waals surface area contributed by atoms with Gasteiger partial charge in [0.05, 0.1) is 12.5 Å². The van der Waals surface area contributed by atoms with E-state index in [9.17, 15) is 9.59 Å². The molecular weight excluding hydrogens is 363 g/mol. The van der Waals surface area contributed by atoms with Crippen molar-refractivity contribution in [3.05, 3.63) is 69.7 Å². The van der Waals surface area contributed by atoms with Crippen LogP contribution in [-0.4, -0.2) is 12.0 Å². The Labute approximate surface area is 156 Å². The number of esters is 1. The average molecular weight is 381 g/mol. The SMILES string of the molecule is C[C@H](OC(=O)C[C@@H](NC(N)=O)c1ccc(Cl)cc1)c1ccccc1Cl. The summed E-state index contributed by atoms with van der Waals surface area (Å²) >= 11 is 12.0. The van der Waals surface area contributed by atoms with Gasteiger partial charge in [-0.1, -0.05) is 53.5 Å². The molecule has 0 fully saturated rings. The number of ether oxygens (including phenoxy) is 1. The number of hydrogen-bond donors (Lipinski definition) is 2. The van der Waals surface area contributed by atoms with Crippen molar-refractivity contribution in [3.8, 4) is 0 Å². The van der Waals surface area contributed by atoms with E-state index in [0.29, 0.717) is 21.2 Å². The molecule has 5 nitrogen and oxygen atoms in total. The number of primary amides is 1. The molecule has 0 heterocycles. The Kier molecular flexibility index (Phi) is 6.67. The van der Waals surface area contributed by atoms with Crippen LogP contribution in [-0.2, 0) is 9.53 Å². The zero-order chi connectivity index (χ0) is 18.4. The Balaban J connectivity index is 2.07. The number of carbonyl (C=O) groups is 2. The molecule has 2 amide bonds. The molecule has 25 heavy (non-hydrogen) atoms. The lowest BCUT2D eigenvalue weighted by Gasteiger charge is -2.20. The van der Waals surface area contributed by atoms with E-state index in [2.05, 4.69) is 5.32 Å². The number of benzene rings is 2. The van der Waals surface area contributed by atoms with Crippen LogP contribution in [0, 0.1) is 0 Å². The van der Waals surface area contributed by atoms with Crippen LogP contribution in [0.5, 0.6) is 0 Å². The molecule has 2 rings (SSSR count).